The molecule has 1 fully saturated rings. The van der Waals surface area contributed by atoms with Crippen molar-refractivity contribution in [1.82, 2.24) is 23.3 Å². The van der Waals surface area contributed by atoms with Crippen molar-refractivity contribution in [3.63, 3.8) is 0 Å². The van der Waals surface area contributed by atoms with Crippen molar-refractivity contribution in [1.29, 1.82) is 0 Å². The van der Waals surface area contributed by atoms with Gasteiger partial charge in [-0.1, -0.05) is 6.07 Å². The standard InChI is InChI=1S/C22H25N5O5S/c1-14-5-6-16(13-15(14)2)33(31,32)27-11-9-26(10-12-27)21(29)18-8-7-17-19(23-18)24(3)22(30)25(4)20(17)28/h5-8,13H,9-12H2,1-4H3. The van der Waals surface area contributed by atoms with Crippen LogP contribution in [0.1, 0.15) is 21.6 Å². The van der Waals surface area contributed by atoms with Gasteiger partial charge < -0.3 is 4.90 Å². The van der Waals surface area contributed by atoms with Crippen molar-refractivity contribution >= 4 is 27.0 Å². The number of fused-ring (bicyclic) bond motifs is 1. The number of rotatable bonds is 3. The molecule has 1 aliphatic rings. The van der Waals surface area contributed by atoms with Crippen LogP contribution in [0.25, 0.3) is 11.0 Å². The largest absolute Gasteiger partial charge is 0.335 e. The molecule has 10 nitrogen and oxygen atoms in total. The number of hydrogen-bond donors (Lipinski definition) is 0. The molecule has 0 aliphatic carbocycles. The first-order valence-corrected chi connectivity index (χ1v) is 11.9. The van der Waals surface area contributed by atoms with Gasteiger partial charge in [0.15, 0.2) is 0 Å². The molecule has 0 spiro atoms. The summed E-state index contributed by atoms with van der Waals surface area (Å²) in [5.74, 6) is -0.381. The summed E-state index contributed by atoms with van der Waals surface area (Å²) in [5, 5.41) is 0.237. The molecular weight excluding hydrogens is 446 g/mol. The highest BCUT2D eigenvalue weighted by molar-refractivity contribution is 7.89. The number of benzene rings is 1. The van der Waals surface area contributed by atoms with Crippen LogP contribution >= 0.6 is 0 Å². The van der Waals surface area contributed by atoms with Crippen molar-refractivity contribution in [3.8, 4) is 0 Å². The number of carbonyl (C=O) groups is 1. The molecule has 0 unspecified atom stereocenters. The Morgan fingerprint density at radius 3 is 2.21 bits per heavy atom. The van der Waals surface area contributed by atoms with Gasteiger partial charge in [-0.3, -0.25) is 18.7 Å². The second-order valence-corrected chi connectivity index (χ2v) is 10.2. The summed E-state index contributed by atoms with van der Waals surface area (Å²) < 4.78 is 29.6. The average molecular weight is 472 g/mol. The lowest BCUT2D eigenvalue weighted by atomic mass is 10.1. The van der Waals surface area contributed by atoms with Crippen molar-refractivity contribution in [3.05, 3.63) is 68.0 Å². The summed E-state index contributed by atoms with van der Waals surface area (Å²) in [5.41, 5.74) is 1.12. The second kappa shape index (κ2) is 8.23. The number of aryl methyl sites for hydroxylation is 3. The van der Waals surface area contributed by atoms with Gasteiger partial charge in [-0.25, -0.2) is 18.2 Å². The molecule has 0 atom stereocenters. The molecule has 0 N–H and O–H groups in total. The summed E-state index contributed by atoms with van der Waals surface area (Å²) in [4.78, 5) is 43.6. The molecule has 0 radical (unpaired) electrons. The third-order valence-corrected chi connectivity index (χ3v) is 8.06. The topological polar surface area (TPSA) is 115 Å². The Balaban J connectivity index is 1.55. The number of piperazine rings is 1. The Kier molecular flexibility index (Phi) is 5.71. The van der Waals surface area contributed by atoms with Gasteiger partial charge in [0.05, 0.1) is 10.3 Å². The van der Waals surface area contributed by atoms with Crippen LogP contribution in [0.4, 0.5) is 0 Å². The summed E-state index contributed by atoms with van der Waals surface area (Å²) >= 11 is 0. The van der Waals surface area contributed by atoms with Crippen LogP contribution in [-0.2, 0) is 24.1 Å². The highest BCUT2D eigenvalue weighted by Gasteiger charge is 2.31. The number of amides is 1. The minimum Gasteiger partial charge on any atom is -0.335 e. The van der Waals surface area contributed by atoms with E-state index >= 15 is 0 Å². The van der Waals surface area contributed by atoms with E-state index in [-0.39, 0.29) is 53.7 Å². The van der Waals surface area contributed by atoms with Crippen LogP contribution in [0.5, 0.6) is 0 Å². The number of aromatic nitrogens is 3. The van der Waals surface area contributed by atoms with Crippen LogP contribution in [-0.4, -0.2) is 63.8 Å². The van der Waals surface area contributed by atoms with Gasteiger partial charge in [0.2, 0.25) is 10.0 Å². The van der Waals surface area contributed by atoms with Gasteiger partial charge >= 0.3 is 5.69 Å². The van der Waals surface area contributed by atoms with E-state index in [2.05, 4.69) is 4.98 Å². The van der Waals surface area contributed by atoms with Crippen molar-refractivity contribution in [2.45, 2.75) is 18.7 Å². The van der Waals surface area contributed by atoms with Gasteiger partial charge in [0.25, 0.3) is 11.5 Å². The van der Waals surface area contributed by atoms with Crippen LogP contribution < -0.4 is 11.2 Å². The molecule has 11 heteroatoms. The molecule has 174 valence electrons. The van der Waals surface area contributed by atoms with Crippen LogP contribution in [0.15, 0.2) is 44.8 Å². The summed E-state index contributed by atoms with van der Waals surface area (Å²) in [6.45, 7) is 4.53. The lowest BCUT2D eigenvalue weighted by molar-refractivity contribution is 0.0692. The predicted octanol–water partition coefficient (Wildman–Crippen LogP) is 0.396. The highest BCUT2D eigenvalue weighted by atomic mass is 32.2. The predicted molar refractivity (Wildman–Crippen MR) is 123 cm³/mol. The summed E-state index contributed by atoms with van der Waals surface area (Å²) in [7, 11) is -0.787. The molecule has 4 rings (SSSR count). The Morgan fingerprint density at radius 2 is 1.58 bits per heavy atom. The van der Waals surface area contributed by atoms with E-state index in [0.29, 0.717) is 0 Å². The van der Waals surface area contributed by atoms with E-state index in [0.717, 1.165) is 15.7 Å². The zero-order valence-electron chi connectivity index (χ0n) is 18.9. The molecule has 1 amide bonds. The molecule has 0 saturated carbocycles. The number of carbonyl (C=O) groups excluding carboxylic acids is 1. The van der Waals surface area contributed by atoms with Crippen LogP contribution in [0, 0.1) is 13.8 Å². The van der Waals surface area contributed by atoms with E-state index in [4.69, 9.17) is 0 Å². The monoisotopic (exact) mass is 471 g/mol. The first kappa shape index (κ1) is 22.9. The maximum Gasteiger partial charge on any atom is 0.332 e. The number of pyridine rings is 1. The molecule has 2 aromatic heterocycles. The fourth-order valence-corrected chi connectivity index (χ4v) is 5.40. The summed E-state index contributed by atoms with van der Waals surface area (Å²) in [6, 6.07) is 7.99. The minimum atomic E-state index is -3.66. The normalized spacial score (nSPS) is 15.2. The molecule has 3 heterocycles. The van der Waals surface area contributed by atoms with E-state index in [1.165, 1.54) is 40.0 Å². The number of nitrogens with zero attached hydrogens (tertiary/aromatic N) is 5. The lowest BCUT2D eigenvalue weighted by Crippen LogP contribution is -2.50. The van der Waals surface area contributed by atoms with E-state index in [1.807, 2.05) is 13.8 Å². The van der Waals surface area contributed by atoms with E-state index in [9.17, 15) is 22.8 Å². The molecule has 1 aromatic carbocycles. The number of sulfonamides is 1. The molecular formula is C22H25N5O5S. The Bertz CT molecular complexity index is 1500. The second-order valence-electron chi connectivity index (χ2n) is 8.22. The molecule has 1 aliphatic heterocycles. The van der Waals surface area contributed by atoms with Crippen molar-refractivity contribution in [2.75, 3.05) is 26.2 Å². The lowest BCUT2D eigenvalue weighted by Gasteiger charge is -2.34. The van der Waals surface area contributed by atoms with Crippen LogP contribution in [0.3, 0.4) is 0 Å². The third kappa shape index (κ3) is 3.87. The Hall–Kier alpha value is -3.31. The van der Waals surface area contributed by atoms with E-state index < -0.39 is 21.3 Å². The Labute approximate surface area is 190 Å². The molecule has 3 aromatic rings. The van der Waals surface area contributed by atoms with Gasteiger partial charge in [0.1, 0.15) is 11.3 Å². The molecule has 33 heavy (non-hydrogen) atoms. The fourth-order valence-electron chi connectivity index (χ4n) is 3.89. The van der Waals surface area contributed by atoms with Gasteiger partial charge in [-0.2, -0.15) is 4.31 Å². The zero-order valence-corrected chi connectivity index (χ0v) is 19.7. The molecule has 0 bridgehead atoms. The summed E-state index contributed by atoms with van der Waals surface area (Å²) in [6.07, 6.45) is 0. The Morgan fingerprint density at radius 1 is 0.909 bits per heavy atom. The van der Waals surface area contributed by atoms with Crippen LogP contribution in [0.2, 0.25) is 0 Å². The maximum atomic E-state index is 13.0. The quantitative estimate of drug-likeness (QED) is 0.546. The van der Waals surface area contributed by atoms with Gasteiger partial charge in [-0.15, -0.1) is 0 Å². The van der Waals surface area contributed by atoms with E-state index in [1.54, 1.807) is 18.2 Å². The first-order chi connectivity index (χ1) is 15.5. The maximum absolute atomic E-state index is 13.0. The molecule has 1 saturated heterocycles. The minimum absolute atomic E-state index is 0.0937. The zero-order chi connectivity index (χ0) is 24.1. The number of hydrogen-bond acceptors (Lipinski definition) is 6. The van der Waals surface area contributed by atoms with Gasteiger partial charge in [0, 0.05) is 40.3 Å². The average Bonchev–Trinajstić information content (AvgIpc) is 2.82. The first-order valence-electron chi connectivity index (χ1n) is 10.5. The highest BCUT2D eigenvalue weighted by Crippen LogP contribution is 2.21. The van der Waals surface area contributed by atoms with Crippen molar-refractivity contribution < 1.29 is 13.2 Å². The SMILES string of the molecule is Cc1ccc(S(=O)(=O)N2CCN(C(=O)c3ccc4c(=O)n(C)c(=O)n(C)c4n3)CC2)cc1C. The van der Waals surface area contributed by atoms with Gasteiger partial charge in [-0.05, 0) is 49.2 Å². The fraction of sp³-hybridized carbons (Fsp3) is 0.364. The third-order valence-electron chi connectivity index (χ3n) is 6.16. The smallest absolute Gasteiger partial charge is 0.332 e. The van der Waals surface area contributed by atoms with Crippen molar-refractivity contribution in [2.24, 2.45) is 14.1 Å².